The molecule has 0 saturated carbocycles. The average Bonchev–Trinajstić information content (AvgIpc) is 3.26. The van der Waals surface area contributed by atoms with Gasteiger partial charge in [-0.1, -0.05) is 54.1 Å². The first-order valence-corrected chi connectivity index (χ1v) is 9.86. The molecule has 0 spiro atoms. The molecule has 2 aliphatic heterocycles. The van der Waals surface area contributed by atoms with Crippen molar-refractivity contribution in [1.29, 1.82) is 0 Å². The van der Waals surface area contributed by atoms with E-state index >= 15 is 0 Å². The van der Waals surface area contributed by atoms with Crippen molar-refractivity contribution in [3.63, 3.8) is 0 Å². The second-order valence-corrected chi connectivity index (χ2v) is 7.62. The van der Waals surface area contributed by atoms with Gasteiger partial charge in [0.15, 0.2) is 6.10 Å². The van der Waals surface area contributed by atoms with Crippen molar-refractivity contribution < 1.29 is 19.5 Å². The Morgan fingerprint density at radius 3 is 2.20 bits per heavy atom. The molecule has 2 amide bonds. The molecule has 0 bridgehead atoms. The molecule has 2 fully saturated rings. The summed E-state index contributed by atoms with van der Waals surface area (Å²) in [6.07, 6.45) is -0.965. The van der Waals surface area contributed by atoms with Gasteiger partial charge in [0.05, 0.1) is 22.4 Å². The highest BCUT2D eigenvalue weighted by Crippen LogP contribution is 2.48. The molecule has 0 unspecified atom stereocenters. The Labute approximate surface area is 177 Å². The topological polar surface area (TPSA) is 70.1 Å². The Bertz CT molecular complexity index is 1120. The lowest BCUT2D eigenvalue weighted by Gasteiger charge is -2.29. The van der Waals surface area contributed by atoms with E-state index in [9.17, 15) is 14.7 Å². The SMILES string of the molecule is O=C1[C@@H]2[C@@H](c3ccc(O)cc3)N(c3ccccc3)O[C@H]2C(=O)N1c1ccccc1Cl. The number of benzene rings is 3. The molecule has 0 aromatic heterocycles. The van der Waals surface area contributed by atoms with Crippen molar-refractivity contribution >= 4 is 34.8 Å². The number of para-hydroxylation sites is 2. The molecule has 3 aromatic carbocycles. The summed E-state index contributed by atoms with van der Waals surface area (Å²) < 4.78 is 0. The van der Waals surface area contributed by atoms with Crippen molar-refractivity contribution in [3.05, 3.63) is 89.4 Å². The molecule has 1 N–H and O–H groups in total. The fourth-order valence-electron chi connectivity index (χ4n) is 4.09. The zero-order chi connectivity index (χ0) is 20.8. The third-order valence-corrected chi connectivity index (χ3v) is 5.77. The van der Waals surface area contributed by atoms with Crippen molar-refractivity contribution in [2.75, 3.05) is 9.96 Å². The summed E-state index contributed by atoms with van der Waals surface area (Å²) in [5, 5.41) is 11.6. The second-order valence-electron chi connectivity index (χ2n) is 7.21. The number of halogens is 1. The van der Waals surface area contributed by atoms with Crippen LogP contribution in [0.2, 0.25) is 5.02 Å². The maximum atomic E-state index is 13.5. The molecule has 2 saturated heterocycles. The number of fused-ring (bicyclic) bond motifs is 1. The molecule has 0 aliphatic carbocycles. The molecule has 150 valence electrons. The number of carbonyl (C=O) groups is 2. The van der Waals surface area contributed by atoms with E-state index in [1.165, 1.54) is 0 Å². The summed E-state index contributed by atoms with van der Waals surface area (Å²) >= 11 is 6.26. The van der Waals surface area contributed by atoms with E-state index < -0.39 is 24.0 Å². The molecular weight excluding hydrogens is 404 g/mol. The van der Waals surface area contributed by atoms with Crippen LogP contribution in [0.1, 0.15) is 11.6 Å². The van der Waals surface area contributed by atoms with E-state index in [0.717, 1.165) is 16.2 Å². The van der Waals surface area contributed by atoms with Crippen molar-refractivity contribution in [2.45, 2.75) is 12.1 Å². The molecule has 7 heteroatoms. The monoisotopic (exact) mass is 420 g/mol. The van der Waals surface area contributed by atoms with Crippen molar-refractivity contribution in [3.8, 4) is 5.75 Å². The largest absolute Gasteiger partial charge is 0.508 e. The zero-order valence-corrected chi connectivity index (χ0v) is 16.4. The van der Waals surface area contributed by atoms with Gasteiger partial charge in [-0.3, -0.25) is 14.4 Å². The first-order valence-electron chi connectivity index (χ1n) is 9.48. The van der Waals surface area contributed by atoms with Gasteiger partial charge < -0.3 is 5.11 Å². The molecule has 30 heavy (non-hydrogen) atoms. The van der Waals surface area contributed by atoms with Crippen molar-refractivity contribution in [2.24, 2.45) is 5.92 Å². The van der Waals surface area contributed by atoms with Crippen LogP contribution in [0, 0.1) is 5.92 Å². The Morgan fingerprint density at radius 2 is 1.50 bits per heavy atom. The van der Waals surface area contributed by atoms with E-state index in [0.29, 0.717) is 10.7 Å². The normalized spacial score (nSPS) is 23.2. The number of amides is 2. The molecule has 2 aliphatic rings. The Balaban J connectivity index is 1.60. The van der Waals surface area contributed by atoms with Crippen LogP contribution in [0.15, 0.2) is 78.9 Å². The van der Waals surface area contributed by atoms with Crippen molar-refractivity contribution in [1.82, 2.24) is 0 Å². The van der Waals surface area contributed by atoms with Crippen LogP contribution in [0.5, 0.6) is 5.75 Å². The number of hydroxylamine groups is 1. The second kappa shape index (κ2) is 7.16. The van der Waals surface area contributed by atoms with Crippen LogP contribution in [0.25, 0.3) is 0 Å². The van der Waals surface area contributed by atoms with Gasteiger partial charge in [-0.2, -0.15) is 0 Å². The van der Waals surface area contributed by atoms with Crippen LogP contribution < -0.4 is 9.96 Å². The number of phenolic OH excluding ortho intramolecular Hbond substituents is 1. The lowest BCUT2D eigenvalue weighted by Crippen LogP contribution is -2.37. The van der Waals surface area contributed by atoms with Gasteiger partial charge in [0.2, 0.25) is 5.91 Å². The van der Waals surface area contributed by atoms with Crippen LogP contribution in [0.4, 0.5) is 11.4 Å². The highest BCUT2D eigenvalue weighted by Gasteiger charge is 2.60. The number of anilines is 2. The van der Waals surface area contributed by atoms with E-state index in [1.54, 1.807) is 53.6 Å². The smallest absolute Gasteiger partial charge is 0.266 e. The number of imide groups is 1. The minimum absolute atomic E-state index is 0.118. The average molecular weight is 421 g/mol. The Hall–Kier alpha value is -3.35. The summed E-state index contributed by atoms with van der Waals surface area (Å²) in [5.74, 6) is -1.44. The Morgan fingerprint density at radius 1 is 0.833 bits per heavy atom. The highest BCUT2D eigenvalue weighted by atomic mass is 35.5. The number of hydrogen-bond donors (Lipinski definition) is 1. The van der Waals surface area contributed by atoms with Crippen LogP contribution in [-0.4, -0.2) is 23.0 Å². The van der Waals surface area contributed by atoms with Gasteiger partial charge in [-0.05, 0) is 42.0 Å². The lowest BCUT2D eigenvalue weighted by molar-refractivity contribution is -0.126. The number of hydrogen-bond acceptors (Lipinski definition) is 5. The summed E-state index contributed by atoms with van der Waals surface area (Å²) in [4.78, 5) is 33.9. The van der Waals surface area contributed by atoms with Crippen LogP contribution in [0.3, 0.4) is 0 Å². The minimum Gasteiger partial charge on any atom is -0.508 e. The first-order chi connectivity index (χ1) is 14.6. The summed E-state index contributed by atoms with van der Waals surface area (Å²) in [6.45, 7) is 0. The fourth-order valence-corrected chi connectivity index (χ4v) is 4.31. The Kier molecular flexibility index (Phi) is 4.46. The first kappa shape index (κ1) is 18.7. The maximum Gasteiger partial charge on any atom is 0.266 e. The number of nitrogens with zero attached hydrogens (tertiary/aromatic N) is 2. The van der Waals surface area contributed by atoms with Gasteiger partial charge in [0.1, 0.15) is 11.7 Å². The quantitative estimate of drug-likeness (QED) is 0.646. The fraction of sp³-hybridized carbons (Fsp3) is 0.130. The molecule has 3 atom stereocenters. The van der Waals surface area contributed by atoms with Gasteiger partial charge in [-0.25, -0.2) is 9.96 Å². The van der Waals surface area contributed by atoms with Crippen LogP contribution in [-0.2, 0) is 14.4 Å². The molecule has 5 rings (SSSR count). The van der Waals surface area contributed by atoms with E-state index in [-0.39, 0.29) is 11.7 Å². The molecule has 0 radical (unpaired) electrons. The third-order valence-electron chi connectivity index (χ3n) is 5.45. The zero-order valence-electron chi connectivity index (χ0n) is 15.7. The summed E-state index contributed by atoms with van der Waals surface area (Å²) in [7, 11) is 0. The number of carbonyl (C=O) groups excluding carboxylic acids is 2. The van der Waals surface area contributed by atoms with Gasteiger partial charge >= 0.3 is 0 Å². The van der Waals surface area contributed by atoms with Crippen LogP contribution >= 0.6 is 11.6 Å². The number of rotatable bonds is 3. The lowest BCUT2D eigenvalue weighted by atomic mass is 9.90. The third kappa shape index (κ3) is 2.84. The van der Waals surface area contributed by atoms with Gasteiger partial charge in [0.25, 0.3) is 5.91 Å². The molecule has 6 nitrogen and oxygen atoms in total. The maximum absolute atomic E-state index is 13.5. The predicted molar refractivity (Wildman–Crippen MR) is 112 cm³/mol. The van der Waals surface area contributed by atoms with E-state index in [4.69, 9.17) is 16.4 Å². The van der Waals surface area contributed by atoms with Gasteiger partial charge in [-0.15, -0.1) is 0 Å². The highest BCUT2D eigenvalue weighted by molar-refractivity contribution is 6.36. The van der Waals surface area contributed by atoms with E-state index in [1.807, 2.05) is 30.3 Å². The predicted octanol–water partition coefficient (Wildman–Crippen LogP) is 4.10. The molecular formula is C23H17ClN2O4. The summed E-state index contributed by atoms with van der Waals surface area (Å²) in [6, 6.07) is 22.1. The number of phenols is 1. The molecule has 2 heterocycles. The number of aromatic hydroxyl groups is 1. The van der Waals surface area contributed by atoms with E-state index in [2.05, 4.69) is 0 Å². The minimum atomic E-state index is -0.965. The standard InChI is InChI=1S/C23H17ClN2O4/c24-17-8-4-5-9-18(17)25-22(28)19-20(14-10-12-16(27)13-11-14)26(30-21(19)23(25)29)15-6-2-1-3-7-15/h1-13,19-21,27H/t19-,20-,21-/m1/s1. The molecule has 3 aromatic rings. The summed E-state index contributed by atoms with van der Waals surface area (Å²) in [5.41, 5.74) is 1.84. The van der Waals surface area contributed by atoms with Gasteiger partial charge in [0, 0.05) is 0 Å².